The summed E-state index contributed by atoms with van der Waals surface area (Å²) in [5.41, 5.74) is 1.30. The van der Waals surface area contributed by atoms with Crippen molar-refractivity contribution in [1.29, 1.82) is 0 Å². The molecule has 0 saturated carbocycles. The second-order valence-electron chi connectivity index (χ2n) is 6.18. The second kappa shape index (κ2) is 10.8. The molecule has 0 spiro atoms. The van der Waals surface area contributed by atoms with Crippen molar-refractivity contribution in [2.75, 3.05) is 0 Å². The molecule has 0 radical (unpaired) electrons. The van der Waals surface area contributed by atoms with Crippen LogP contribution in [0.15, 0.2) is 46.6 Å². The van der Waals surface area contributed by atoms with Gasteiger partial charge in [0.05, 0.1) is 18.0 Å². The molecule has 0 saturated heterocycles. The lowest BCUT2D eigenvalue weighted by atomic mass is 10.0. The van der Waals surface area contributed by atoms with Crippen LogP contribution in [0.5, 0.6) is 0 Å². The fourth-order valence-corrected chi connectivity index (χ4v) is 2.70. The van der Waals surface area contributed by atoms with Crippen molar-refractivity contribution in [3.63, 3.8) is 0 Å². The number of nitrogens with zero attached hydrogens (tertiary/aromatic N) is 2. The van der Waals surface area contributed by atoms with Gasteiger partial charge in [-0.05, 0) is 48.2 Å². The van der Waals surface area contributed by atoms with Gasteiger partial charge in [-0.2, -0.15) is 10.2 Å². The Morgan fingerprint density at radius 3 is 2.15 bits per heavy atom. The van der Waals surface area contributed by atoms with Crippen molar-refractivity contribution in [3.8, 4) is 0 Å². The number of rotatable bonds is 9. The summed E-state index contributed by atoms with van der Waals surface area (Å²) in [6.07, 6.45) is 8.85. The van der Waals surface area contributed by atoms with Crippen LogP contribution in [-0.4, -0.2) is 12.4 Å². The fraction of sp³-hybridized carbons (Fsp3) is 0.333. The van der Waals surface area contributed by atoms with Crippen LogP contribution in [0.3, 0.4) is 0 Å². The summed E-state index contributed by atoms with van der Waals surface area (Å²) < 4.78 is 28.3. The highest BCUT2D eigenvalue weighted by molar-refractivity contribution is 6.30. The zero-order chi connectivity index (χ0) is 18.8. The minimum Gasteiger partial charge on any atom is -0.206 e. The first kappa shape index (κ1) is 20.2. The van der Waals surface area contributed by atoms with E-state index in [9.17, 15) is 8.78 Å². The van der Waals surface area contributed by atoms with Gasteiger partial charge >= 0.3 is 0 Å². The van der Waals surface area contributed by atoms with Crippen LogP contribution in [0.4, 0.5) is 8.78 Å². The summed E-state index contributed by atoms with van der Waals surface area (Å²) in [5, 5.41) is 8.18. The van der Waals surface area contributed by atoms with Gasteiger partial charge < -0.3 is 0 Å². The Labute approximate surface area is 158 Å². The van der Waals surface area contributed by atoms with Crippen LogP contribution in [0, 0.1) is 11.6 Å². The van der Waals surface area contributed by atoms with E-state index < -0.39 is 11.6 Å². The third-order valence-corrected chi connectivity index (χ3v) is 4.29. The molecule has 138 valence electrons. The van der Waals surface area contributed by atoms with Crippen molar-refractivity contribution in [2.24, 2.45) is 10.2 Å². The highest BCUT2D eigenvalue weighted by atomic mass is 35.5. The summed E-state index contributed by atoms with van der Waals surface area (Å²) in [4.78, 5) is 0. The van der Waals surface area contributed by atoms with Crippen molar-refractivity contribution < 1.29 is 8.78 Å². The minimum atomic E-state index is -0.612. The van der Waals surface area contributed by atoms with Gasteiger partial charge in [0.25, 0.3) is 0 Å². The van der Waals surface area contributed by atoms with Gasteiger partial charge in [-0.15, -0.1) is 0 Å². The molecule has 2 aromatic rings. The molecule has 0 bridgehead atoms. The van der Waals surface area contributed by atoms with Gasteiger partial charge in [-0.3, -0.25) is 0 Å². The molecule has 2 rings (SSSR count). The maximum absolute atomic E-state index is 14.1. The SMILES string of the molecule is CCCCCCCc1cc(F)c(C=NN=Cc2ccc(Cl)cc2)c(F)c1. The van der Waals surface area contributed by atoms with Crippen LogP contribution in [0.25, 0.3) is 0 Å². The van der Waals surface area contributed by atoms with Crippen molar-refractivity contribution in [1.82, 2.24) is 0 Å². The van der Waals surface area contributed by atoms with E-state index in [0.717, 1.165) is 31.0 Å². The zero-order valence-corrected chi connectivity index (χ0v) is 15.6. The molecule has 26 heavy (non-hydrogen) atoms. The maximum atomic E-state index is 14.1. The van der Waals surface area contributed by atoms with Crippen molar-refractivity contribution >= 4 is 24.0 Å². The Bertz CT molecular complexity index is 732. The van der Waals surface area contributed by atoms with E-state index in [1.807, 2.05) is 0 Å². The molecule has 0 amide bonds. The zero-order valence-electron chi connectivity index (χ0n) is 14.9. The fourth-order valence-electron chi connectivity index (χ4n) is 2.58. The molecular weight excluding hydrogens is 354 g/mol. The smallest absolute Gasteiger partial charge is 0.135 e. The molecule has 0 atom stereocenters. The van der Waals surface area contributed by atoms with Crippen molar-refractivity contribution in [2.45, 2.75) is 45.4 Å². The number of hydrogen-bond donors (Lipinski definition) is 0. The van der Waals surface area contributed by atoms with E-state index in [1.165, 1.54) is 31.2 Å². The Morgan fingerprint density at radius 1 is 0.885 bits per heavy atom. The third-order valence-electron chi connectivity index (χ3n) is 4.04. The molecule has 5 heteroatoms. The lowest BCUT2D eigenvalue weighted by Crippen LogP contribution is -1.98. The minimum absolute atomic E-state index is 0.173. The molecule has 0 fully saturated rings. The topological polar surface area (TPSA) is 24.7 Å². The Hall–Kier alpha value is -2.07. The van der Waals surface area contributed by atoms with Crippen LogP contribution < -0.4 is 0 Å². The monoisotopic (exact) mass is 376 g/mol. The lowest BCUT2D eigenvalue weighted by molar-refractivity contribution is 0.572. The van der Waals surface area contributed by atoms with Crippen LogP contribution in [0.2, 0.25) is 5.02 Å². The molecule has 0 N–H and O–H groups in total. The van der Waals surface area contributed by atoms with E-state index in [0.29, 0.717) is 17.0 Å². The van der Waals surface area contributed by atoms with E-state index >= 15 is 0 Å². The summed E-state index contributed by atoms with van der Waals surface area (Å²) in [7, 11) is 0. The number of hydrogen-bond acceptors (Lipinski definition) is 2. The molecular formula is C21H23ClF2N2. The summed E-state index contributed by atoms with van der Waals surface area (Å²) >= 11 is 5.80. The van der Waals surface area contributed by atoms with Gasteiger partial charge in [0, 0.05) is 5.02 Å². The summed E-state index contributed by atoms with van der Waals surface area (Å²) in [5.74, 6) is -1.22. The predicted octanol–water partition coefficient (Wildman–Crippen LogP) is 6.58. The number of benzene rings is 2. The van der Waals surface area contributed by atoms with Gasteiger partial charge in [0.1, 0.15) is 11.6 Å². The molecule has 0 unspecified atom stereocenters. The number of aryl methyl sites for hydroxylation is 1. The van der Waals surface area contributed by atoms with Crippen molar-refractivity contribution in [3.05, 3.63) is 69.7 Å². The molecule has 0 aromatic heterocycles. The lowest BCUT2D eigenvalue weighted by Gasteiger charge is -2.05. The number of halogens is 3. The number of unbranched alkanes of at least 4 members (excludes halogenated alkanes) is 4. The summed E-state index contributed by atoms with van der Waals surface area (Å²) in [6.45, 7) is 2.16. The van der Waals surface area contributed by atoms with Crippen LogP contribution in [0.1, 0.15) is 55.7 Å². The highest BCUT2D eigenvalue weighted by Crippen LogP contribution is 2.16. The van der Waals surface area contributed by atoms with E-state index in [1.54, 1.807) is 24.3 Å². The first-order valence-electron chi connectivity index (χ1n) is 8.90. The average molecular weight is 377 g/mol. The molecule has 0 heterocycles. The van der Waals surface area contributed by atoms with Crippen LogP contribution >= 0.6 is 11.6 Å². The Kier molecular flexibility index (Phi) is 8.42. The predicted molar refractivity (Wildman–Crippen MR) is 105 cm³/mol. The second-order valence-corrected chi connectivity index (χ2v) is 6.61. The van der Waals surface area contributed by atoms with Crippen LogP contribution in [-0.2, 0) is 6.42 Å². The third kappa shape index (κ3) is 6.68. The first-order valence-corrected chi connectivity index (χ1v) is 9.28. The maximum Gasteiger partial charge on any atom is 0.135 e. The van der Waals surface area contributed by atoms with Gasteiger partial charge in [0.15, 0.2) is 0 Å². The van der Waals surface area contributed by atoms with E-state index in [2.05, 4.69) is 17.1 Å². The van der Waals surface area contributed by atoms with Gasteiger partial charge in [0.2, 0.25) is 0 Å². The van der Waals surface area contributed by atoms with Gasteiger partial charge in [-0.25, -0.2) is 8.78 Å². The Morgan fingerprint density at radius 2 is 1.50 bits per heavy atom. The van der Waals surface area contributed by atoms with Gasteiger partial charge in [-0.1, -0.05) is 56.3 Å². The first-order chi connectivity index (χ1) is 12.6. The van der Waals surface area contributed by atoms with E-state index in [4.69, 9.17) is 11.6 Å². The molecule has 2 aromatic carbocycles. The molecule has 0 aliphatic heterocycles. The average Bonchev–Trinajstić information content (AvgIpc) is 2.62. The molecule has 0 aliphatic rings. The largest absolute Gasteiger partial charge is 0.206 e. The quantitative estimate of drug-likeness (QED) is 0.268. The Balaban J connectivity index is 1.95. The standard InChI is InChI=1S/C21H23ClF2N2/c1-2-3-4-5-6-7-17-12-20(23)19(21(24)13-17)15-26-25-14-16-8-10-18(22)11-9-16/h8-15H,2-7H2,1H3. The van der Waals surface area contributed by atoms with E-state index in [-0.39, 0.29) is 5.56 Å². The molecule has 0 aliphatic carbocycles. The summed E-state index contributed by atoms with van der Waals surface area (Å²) in [6, 6.07) is 9.77. The molecule has 2 nitrogen and oxygen atoms in total. The normalized spacial score (nSPS) is 11.7. The highest BCUT2D eigenvalue weighted by Gasteiger charge is 2.09.